The Morgan fingerprint density at radius 2 is 1.79 bits per heavy atom. The van der Waals surface area contributed by atoms with Crippen LogP contribution in [0.15, 0.2) is 42.5 Å². The fourth-order valence-corrected chi connectivity index (χ4v) is 3.87. The molecule has 29 heavy (non-hydrogen) atoms. The summed E-state index contributed by atoms with van der Waals surface area (Å²) in [5.41, 5.74) is 3.19. The zero-order valence-corrected chi connectivity index (χ0v) is 17.7. The lowest BCUT2D eigenvalue weighted by atomic mass is 10.1. The minimum Gasteiger partial charge on any atom is -0.493 e. The molecule has 6 heteroatoms. The Morgan fingerprint density at radius 3 is 2.45 bits per heavy atom. The number of likely N-dealkylation sites (tertiary alicyclic amines) is 1. The third-order valence-electron chi connectivity index (χ3n) is 5.14. The molecule has 2 N–H and O–H groups in total. The molecule has 2 aromatic carbocycles. The van der Waals surface area contributed by atoms with E-state index in [4.69, 9.17) is 21.1 Å². The summed E-state index contributed by atoms with van der Waals surface area (Å²) in [5, 5.41) is 3.34. The normalized spacial score (nSPS) is 14.3. The van der Waals surface area contributed by atoms with Crippen LogP contribution < -0.4 is 19.7 Å². The van der Waals surface area contributed by atoms with Gasteiger partial charge in [0.2, 0.25) is 5.91 Å². The number of hydrogen-bond donors (Lipinski definition) is 2. The van der Waals surface area contributed by atoms with E-state index in [-0.39, 0.29) is 5.91 Å². The molecule has 0 atom stereocenters. The second kappa shape index (κ2) is 10.3. The first-order valence-corrected chi connectivity index (χ1v) is 10.3. The highest BCUT2D eigenvalue weighted by atomic mass is 35.5. The summed E-state index contributed by atoms with van der Waals surface area (Å²) in [7, 11) is 3.08. The molecule has 0 radical (unpaired) electrons. The van der Waals surface area contributed by atoms with Crippen LogP contribution in [-0.4, -0.2) is 33.2 Å². The topological polar surface area (TPSA) is 52.0 Å². The first-order valence-electron chi connectivity index (χ1n) is 9.88. The standard InChI is InChI=1S/C23H27ClN2O3/c1-28-21-14-19(13-20(24)23(21)29-2)9-10-22(27)25-15-17-5-7-18(8-6-17)16-26-11-3-4-12-26/h5-10,13-14H,3-4,11-12,15-16H2,1-2H3,(H,25,27)/p+1/b10-9+. The van der Waals surface area contributed by atoms with Crippen LogP contribution in [-0.2, 0) is 17.9 Å². The number of quaternary nitrogens is 1. The summed E-state index contributed by atoms with van der Waals surface area (Å²) < 4.78 is 10.5. The summed E-state index contributed by atoms with van der Waals surface area (Å²) in [6.07, 6.45) is 5.86. The van der Waals surface area contributed by atoms with E-state index < -0.39 is 0 Å². The molecule has 0 saturated carbocycles. The smallest absolute Gasteiger partial charge is 0.244 e. The number of halogens is 1. The lowest BCUT2D eigenvalue weighted by Crippen LogP contribution is -3.08. The van der Waals surface area contributed by atoms with E-state index in [9.17, 15) is 4.79 Å². The molecule has 1 heterocycles. The summed E-state index contributed by atoms with van der Waals surface area (Å²) in [6.45, 7) is 4.13. The monoisotopic (exact) mass is 415 g/mol. The van der Waals surface area contributed by atoms with Crippen LogP contribution >= 0.6 is 11.6 Å². The molecule has 1 aliphatic rings. The fraction of sp³-hybridized carbons (Fsp3) is 0.348. The molecule has 0 aliphatic carbocycles. The number of methoxy groups -OCH3 is 2. The van der Waals surface area contributed by atoms with Gasteiger partial charge >= 0.3 is 0 Å². The van der Waals surface area contributed by atoms with Crippen LogP contribution in [0.1, 0.15) is 29.5 Å². The van der Waals surface area contributed by atoms with E-state index in [1.165, 1.54) is 44.7 Å². The minimum absolute atomic E-state index is 0.165. The SMILES string of the molecule is COc1cc(/C=C/C(=O)NCc2ccc(C[NH+]3CCCC3)cc2)cc(Cl)c1OC. The van der Waals surface area contributed by atoms with Gasteiger partial charge in [-0.1, -0.05) is 35.9 Å². The van der Waals surface area contributed by atoms with Crippen molar-refractivity contribution in [2.45, 2.75) is 25.9 Å². The van der Waals surface area contributed by atoms with Crippen molar-refractivity contribution in [3.63, 3.8) is 0 Å². The number of benzene rings is 2. The van der Waals surface area contributed by atoms with Crippen LogP contribution in [0.25, 0.3) is 6.08 Å². The van der Waals surface area contributed by atoms with Crippen molar-refractivity contribution < 1.29 is 19.2 Å². The predicted octanol–water partition coefficient (Wildman–Crippen LogP) is 2.87. The Kier molecular flexibility index (Phi) is 7.55. The molecule has 3 rings (SSSR count). The van der Waals surface area contributed by atoms with Crippen molar-refractivity contribution in [2.75, 3.05) is 27.3 Å². The molecule has 154 valence electrons. The van der Waals surface area contributed by atoms with Gasteiger partial charge in [-0.05, 0) is 29.3 Å². The first kappa shape index (κ1) is 21.2. The quantitative estimate of drug-likeness (QED) is 0.652. The van der Waals surface area contributed by atoms with Gasteiger partial charge in [0.25, 0.3) is 0 Å². The average Bonchev–Trinajstić information content (AvgIpc) is 3.24. The zero-order valence-electron chi connectivity index (χ0n) is 17.0. The van der Waals surface area contributed by atoms with Crippen LogP contribution in [0, 0.1) is 0 Å². The molecule has 0 unspecified atom stereocenters. The third kappa shape index (κ3) is 5.99. The number of hydrogen-bond acceptors (Lipinski definition) is 3. The maximum absolute atomic E-state index is 12.2. The van der Waals surface area contributed by atoms with Gasteiger partial charge in [-0.2, -0.15) is 0 Å². The number of carbonyl (C=O) groups is 1. The van der Waals surface area contributed by atoms with Gasteiger partial charge in [0.1, 0.15) is 6.54 Å². The Hall–Kier alpha value is -2.50. The third-order valence-corrected chi connectivity index (χ3v) is 5.42. The van der Waals surface area contributed by atoms with Gasteiger partial charge < -0.3 is 19.7 Å². The lowest BCUT2D eigenvalue weighted by molar-refractivity contribution is -0.901. The lowest BCUT2D eigenvalue weighted by Gasteiger charge is -2.12. The van der Waals surface area contributed by atoms with E-state index in [1.54, 1.807) is 30.2 Å². The molecule has 5 nitrogen and oxygen atoms in total. The molecule has 1 saturated heterocycles. The maximum atomic E-state index is 12.2. The molecule has 0 bridgehead atoms. The fourth-order valence-electron chi connectivity index (χ4n) is 3.57. The highest BCUT2D eigenvalue weighted by molar-refractivity contribution is 6.32. The van der Waals surface area contributed by atoms with Gasteiger partial charge in [0.15, 0.2) is 11.5 Å². The molecule has 1 amide bonds. The predicted molar refractivity (Wildman–Crippen MR) is 116 cm³/mol. The molecular weight excluding hydrogens is 388 g/mol. The zero-order chi connectivity index (χ0) is 20.6. The maximum Gasteiger partial charge on any atom is 0.244 e. The summed E-state index contributed by atoms with van der Waals surface area (Å²) in [6, 6.07) is 12.0. The molecule has 0 spiro atoms. The van der Waals surface area contributed by atoms with Crippen molar-refractivity contribution in [2.24, 2.45) is 0 Å². The minimum atomic E-state index is -0.165. The molecule has 0 aromatic heterocycles. The van der Waals surface area contributed by atoms with Gasteiger partial charge in [-0.3, -0.25) is 4.79 Å². The first-order chi connectivity index (χ1) is 14.1. The van der Waals surface area contributed by atoms with Crippen LogP contribution in [0.3, 0.4) is 0 Å². The molecular formula is C23H28ClN2O3+. The number of amides is 1. The van der Waals surface area contributed by atoms with E-state index in [1.807, 2.05) is 0 Å². The molecule has 1 aliphatic heterocycles. The van der Waals surface area contributed by atoms with Crippen molar-refractivity contribution in [3.8, 4) is 11.5 Å². The van der Waals surface area contributed by atoms with Crippen molar-refractivity contribution in [3.05, 3.63) is 64.2 Å². The largest absolute Gasteiger partial charge is 0.493 e. The highest BCUT2D eigenvalue weighted by Gasteiger charge is 2.15. The van der Waals surface area contributed by atoms with Crippen LogP contribution in [0.4, 0.5) is 0 Å². The van der Waals surface area contributed by atoms with Gasteiger partial charge in [-0.15, -0.1) is 0 Å². The van der Waals surface area contributed by atoms with Gasteiger partial charge in [0, 0.05) is 31.0 Å². The summed E-state index contributed by atoms with van der Waals surface area (Å²) >= 11 is 6.20. The number of carbonyl (C=O) groups excluding carboxylic acids is 1. The van der Waals surface area contributed by atoms with Crippen molar-refractivity contribution >= 4 is 23.6 Å². The van der Waals surface area contributed by atoms with Crippen molar-refractivity contribution in [1.29, 1.82) is 0 Å². The van der Waals surface area contributed by atoms with Gasteiger partial charge in [0.05, 0.1) is 32.3 Å². The highest BCUT2D eigenvalue weighted by Crippen LogP contribution is 2.36. The second-order valence-corrected chi connectivity index (χ2v) is 7.65. The van der Waals surface area contributed by atoms with Crippen LogP contribution in [0.2, 0.25) is 5.02 Å². The summed E-state index contributed by atoms with van der Waals surface area (Å²) in [5.74, 6) is 0.836. The van der Waals surface area contributed by atoms with E-state index >= 15 is 0 Å². The Balaban J connectivity index is 1.52. The Bertz CT molecular complexity index is 859. The van der Waals surface area contributed by atoms with E-state index in [0.717, 1.165) is 17.7 Å². The Labute approximate surface area is 177 Å². The van der Waals surface area contributed by atoms with Crippen LogP contribution in [0.5, 0.6) is 11.5 Å². The Morgan fingerprint density at radius 1 is 1.10 bits per heavy atom. The number of rotatable bonds is 8. The van der Waals surface area contributed by atoms with E-state index in [0.29, 0.717) is 23.1 Å². The van der Waals surface area contributed by atoms with Crippen molar-refractivity contribution in [1.82, 2.24) is 5.32 Å². The molecule has 1 fully saturated rings. The number of nitrogens with one attached hydrogen (secondary N) is 2. The van der Waals surface area contributed by atoms with Gasteiger partial charge in [-0.25, -0.2) is 0 Å². The number of ether oxygens (including phenoxy) is 2. The second-order valence-electron chi connectivity index (χ2n) is 7.24. The average molecular weight is 416 g/mol. The molecule has 2 aromatic rings. The van der Waals surface area contributed by atoms with E-state index in [2.05, 4.69) is 29.6 Å². The summed E-state index contributed by atoms with van der Waals surface area (Å²) in [4.78, 5) is 13.8.